The normalized spacial score (nSPS) is 21.5. The summed E-state index contributed by atoms with van der Waals surface area (Å²) < 4.78 is 2.36. The van der Waals surface area contributed by atoms with Crippen LogP contribution in [0.4, 0.5) is 0 Å². The minimum Gasteiger partial charge on any atom is -0.331 e. The quantitative estimate of drug-likeness (QED) is 0.739. The highest BCUT2D eigenvalue weighted by Crippen LogP contribution is 2.20. The van der Waals surface area contributed by atoms with Gasteiger partial charge in [-0.15, -0.1) is 0 Å². The van der Waals surface area contributed by atoms with E-state index in [2.05, 4.69) is 21.8 Å². The van der Waals surface area contributed by atoms with Gasteiger partial charge < -0.3 is 9.88 Å². The van der Waals surface area contributed by atoms with Crippen LogP contribution in [0.15, 0.2) is 6.20 Å². The van der Waals surface area contributed by atoms with Crippen LogP contribution in [0.5, 0.6) is 0 Å². The smallest absolute Gasteiger partial charge is 0.109 e. The molecule has 1 aromatic heterocycles. The second-order valence-corrected chi connectivity index (χ2v) is 3.95. The van der Waals surface area contributed by atoms with E-state index in [0.717, 1.165) is 25.4 Å². The molecule has 3 heteroatoms. The predicted octanol–water partition coefficient (Wildman–Crippen LogP) is 1.18. The Bertz CT molecular complexity index is 277. The summed E-state index contributed by atoms with van der Waals surface area (Å²) in [7, 11) is 1.98. The molecule has 3 nitrogen and oxygen atoms in total. The first kappa shape index (κ1) is 8.75. The summed E-state index contributed by atoms with van der Waals surface area (Å²) in [5.74, 6) is 2.07. The highest BCUT2D eigenvalue weighted by atomic mass is 15.1. The Kier molecular flexibility index (Phi) is 2.36. The molecular weight excluding hydrogens is 162 g/mol. The van der Waals surface area contributed by atoms with Gasteiger partial charge in [0.2, 0.25) is 0 Å². The van der Waals surface area contributed by atoms with Crippen LogP contribution < -0.4 is 5.32 Å². The SMILES string of the molecule is CNCc1cnc2n1CCC(C)C2. The number of aromatic nitrogens is 2. The summed E-state index contributed by atoms with van der Waals surface area (Å²) in [6.07, 6.45) is 4.44. The number of nitrogens with one attached hydrogen (secondary N) is 1. The molecule has 1 unspecified atom stereocenters. The van der Waals surface area contributed by atoms with E-state index >= 15 is 0 Å². The molecule has 2 rings (SSSR count). The lowest BCUT2D eigenvalue weighted by Crippen LogP contribution is -2.20. The van der Waals surface area contributed by atoms with E-state index in [1.807, 2.05) is 13.2 Å². The minimum absolute atomic E-state index is 0.803. The van der Waals surface area contributed by atoms with Crippen molar-refractivity contribution in [1.82, 2.24) is 14.9 Å². The van der Waals surface area contributed by atoms with E-state index < -0.39 is 0 Å². The van der Waals surface area contributed by atoms with E-state index in [1.165, 1.54) is 17.9 Å². The van der Waals surface area contributed by atoms with Gasteiger partial charge >= 0.3 is 0 Å². The molecule has 0 saturated carbocycles. The van der Waals surface area contributed by atoms with Crippen LogP contribution in [0.25, 0.3) is 0 Å². The van der Waals surface area contributed by atoms with Crippen molar-refractivity contribution in [3.05, 3.63) is 17.7 Å². The summed E-state index contributed by atoms with van der Waals surface area (Å²) in [6, 6.07) is 0. The van der Waals surface area contributed by atoms with Gasteiger partial charge in [-0.05, 0) is 19.4 Å². The van der Waals surface area contributed by atoms with Gasteiger partial charge in [-0.2, -0.15) is 0 Å². The first-order valence-corrected chi connectivity index (χ1v) is 4.99. The second-order valence-electron chi connectivity index (χ2n) is 3.95. The third-order valence-electron chi connectivity index (χ3n) is 2.76. The van der Waals surface area contributed by atoms with Crippen molar-refractivity contribution in [3.8, 4) is 0 Å². The Hall–Kier alpha value is -0.830. The minimum atomic E-state index is 0.803. The number of rotatable bonds is 2. The van der Waals surface area contributed by atoms with Gasteiger partial charge in [-0.3, -0.25) is 0 Å². The molecule has 0 aromatic carbocycles. The number of imidazole rings is 1. The van der Waals surface area contributed by atoms with Gasteiger partial charge in [-0.25, -0.2) is 4.98 Å². The monoisotopic (exact) mass is 179 g/mol. The maximum Gasteiger partial charge on any atom is 0.109 e. The van der Waals surface area contributed by atoms with Crippen molar-refractivity contribution in [2.75, 3.05) is 7.05 Å². The molecule has 72 valence electrons. The zero-order valence-electron chi connectivity index (χ0n) is 8.38. The molecule has 1 aliphatic heterocycles. The lowest BCUT2D eigenvalue weighted by Gasteiger charge is -2.21. The van der Waals surface area contributed by atoms with Gasteiger partial charge in [0.25, 0.3) is 0 Å². The van der Waals surface area contributed by atoms with Crippen LogP contribution >= 0.6 is 0 Å². The fourth-order valence-electron chi connectivity index (χ4n) is 1.98. The highest BCUT2D eigenvalue weighted by molar-refractivity contribution is 5.08. The van der Waals surface area contributed by atoms with Crippen LogP contribution in [-0.2, 0) is 19.5 Å². The van der Waals surface area contributed by atoms with Crippen molar-refractivity contribution < 1.29 is 0 Å². The van der Waals surface area contributed by atoms with Crippen molar-refractivity contribution in [2.24, 2.45) is 5.92 Å². The van der Waals surface area contributed by atoms with Crippen LogP contribution in [0.2, 0.25) is 0 Å². The molecule has 0 aliphatic carbocycles. The maximum atomic E-state index is 4.45. The molecule has 2 heterocycles. The van der Waals surface area contributed by atoms with Gasteiger partial charge in [0.05, 0.1) is 5.69 Å². The molecule has 0 fully saturated rings. The molecule has 1 aromatic rings. The van der Waals surface area contributed by atoms with E-state index in [1.54, 1.807) is 0 Å². The summed E-state index contributed by atoms with van der Waals surface area (Å²) in [5.41, 5.74) is 1.32. The standard InChI is InChI=1S/C10H17N3/c1-8-3-4-13-9(6-11-2)7-12-10(13)5-8/h7-8,11H,3-6H2,1-2H3. The topological polar surface area (TPSA) is 29.9 Å². The van der Waals surface area contributed by atoms with Crippen LogP contribution in [-0.4, -0.2) is 16.6 Å². The van der Waals surface area contributed by atoms with E-state index in [9.17, 15) is 0 Å². The Morgan fingerprint density at radius 2 is 2.54 bits per heavy atom. The average Bonchev–Trinajstić information content (AvgIpc) is 2.49. The molecule has 1 aliphatic rings. The van der Waals surface area contributed by atoms with Crippen LogP contribution in [0, 0.1) is 5.92 Å². The Labute approximate surface area is 79.2 Å². The zero-order valence-corrected chi connectivity index (χ0v) is 8.38. The third-order valence-corrected chi connectivity index (χ3v) is 2.76. The number of hydrogen-bond donors (Lipinski definition) is 1. The molecule has 0 radical (unpaired) electrons. The fraction of sp³-hybridized carbons (Fsp3) is 0.700. The van der Waals surface area contributed by atoms with E-state index in [0.29, 0.717) is 0 Å². The number of nitrogens with zero attached hydrogens (tertiary/aromatic N) is 2. The van der Waals surface area contributed by atoms with E-state index in [-0.39, 0.29) is 0 Å². The number of fused-ring (bicyclic) bond motifs is 1. The maximum absolute atomic E-state index is 4.45. The van der Waals surface area contributed by atoms with Gasteiger partial charge in [0, 0.05) is 25.7 Å². The Morgan fingerprint density at radius 3 is 3.31 bits per heavy atom. The fourth-order valence-corrected chi connectivity index (χ4v) is 1.98. The summed E-state index contributed by atoms with van der Waals surface area (Å²) in [5, 5.41) is 3.17. The first-order chi connectivity index (χ1) is 6.31. The summed E-state index contributed by atoms with van der Waals surface area (Å²) in [4.78, 5) is 4.45. The molecule has 1 N–H and O–H groups in total. The highest BCUT2D eigenvalue weighted by Gasteiger charge is 2.17. The zero-order chi connectivity index (χ0) is 9.26. The first-order valence-electron chi connectivity index (χ1n) is 4.99. The Balaban J connectivity index is 2.23. The third kappa shape index (κ3) is 1.61. The lowest BCUT2D eigenvalue weighted by molar-refractivity contribution is 0.401. The van der Waals surface area contributed by atoms with Crippen molar-refractivity contribution in [1.29, 1.82) is 0 Å². The second kappa shape index (κ2) is 3.50. The van der Waals surface area contributed by atoms with Crippen molar-refractivity contribution in [2.45, 2.75) is 32.9 Å². The molecule has 1 atom stereocenters. The summed E-state index contributed by atoms with van der Waals surface area (Å²) in [6.45, 7) is 4.38. The largest absolute Gasteiger partial charge is 0.331 e. The predicted molar refractivity (Wildman–Crippen MR) is 52.5 cm³/mol. The van der Waals surface area contributed by atoms with Gasteiger partial charge in [-0.1, -0.05) is 6.92 Å². The average molecular weight is 179 g/mol. The van der Waals surface area contributed by atoms with Crippen molar-refractivity contribution in [3.63, 3.8) is 0 Å². The molecule has 13 heavy (non-hydrogen) atoms. The van der Waals surface area contributed by atoms with Crippen LogP contribution in [0.1, 0.15) is 24.9 Å². The van der Waals surface area contributed by atoms with Gasteiger partial charge in [0.15, 0.2) is 0 Å². The van der Waals surface area contributed by atoms with Crippen molar-refractivity contribution >= 4 is 0 Å². The van der Waals surface area contributed by atoms with Gasteiger partial charge in [0.1, 0.15) is 5.82 Å². The number of hydrogen-bond acceptors (Lipinski definition) is 2. The van der Waals surface area contributed by atoms with E-state index in [4.69, 9.17) is 0 Å². The summed E-state index contributed by atoms with van der Waals surface area (Å²) >= 11 is 0. The molecular formula is C10H17N3. The molecule has 0 amide bonds. The molecule has 0 bridgehead atoms. The lowest BCUT2D eigenvalue weighted by atomic mass is 10.0. The van der Waals surface area contributed by atoms with Crippen LogP contribution in [0.3, 0.4) is 0 Å². The molecule has 0 saturated heterocycles. The Morgan fingerprint density at radius 1 is 1.69 bits per heavy atom. The molecule has 0 spiro atoms.